The van der Waals surface area contributed by atoms with E-state index in [4.69, 9.17) is 0 Å². The fraction of sp³-hybridized carbons (Fsp3) is 0.812. The predicted molar refractivity (Wildman–Crippen MR) is 71.9 cm³/mol. The van der Waals surface area contributed by atoms with E-state index in [9.17, 15) is 4.79 Å². The van der Waals surface area contributed by atoms with Crippen molar-refractivity contribution in [2.45, 2.75) is 71.1 Å². The fourth-order valence-corrected chi connectivity index (χ4v) is 3.36. The van der Waals surface area contributed by atoms with Crippen molar-refractivity contribution in [3.63, 3.8) is 0 Å². The molecule has 0 aromatic carbocycles. The first kappa shape index (κ1) is 12.9. The second-order valence-electron chi connectivity index (χ2n) is 5.83. The summed E-state index contributed by atoms with van der Waals surface area (Å²) in [6, 6.07) is 0. The van der Waals surface area contributed by atoms with Crippen LogP contribution in [-0.4, -0.2) is 5.78 Å². The molecule has 2 aliphatic rings. The maximum Gasteiger partial charge on any atom is 0.161 e. The van der Waals surface area contributed by atoms with E-state index in [1.54, 1.807) is 0 Å². The molecule has 0 N–H and O–H groups in total. The summed E-state index contributed by atoms with van der Waals surface area (Å²) < 4.78 is 0. The average Bonchev–Trinajstić information content (AvgIpc) is 2.76. The first-order valence-corrected chi connectivity index (χ1v) is 7.54. The van der Waals surface area contributed by atoms with Crippen LogP contribution in [0.2, 0.25) is 0 Å². The second-order valence-corrected chi connectivity index (χ2v) is 5.83. The van der Waals surface area contributed by atoms with Gasteiger partial charge in [-0.3, -0.25) is 4.79 Å². The Kier molecular flexibility index (Phi) is 4.82. The molecule has 1 heteroatoms. The van der Waals surface area contributed by atoms with Crippen LogP contribution in [0.3, 0.4) is 0 Å². The molecule has 2 aliphatic carbocycles. The molecular weight excluding hydrogens is 208 g/mol. The number of ketones is 1. The van der Waals surface area contributed by atoms with Crippen LogP contribution in [-0.2, 0) is 4.79 Å². The number of hydrogen-bond acceptors (Lipinski definition) is 1. The van der Waals surface area contributed by atoms with Gasteiger partial charge in [0.05, 0.1) is 0 Å². The molecule has 1 saturated carbocycles. The smallest absolute Gasteiger partial charge is 0.161 e. The minimum Gasteiger partial charge on any atom is -0.294 e. The van der Waals surface area contributed by atoms with Gasteiger partial charge >= 0.3 is 0 Å². The number of allylic oxidation sites excluding steroid dienone is 2. The van der Waals surface area contributed by atoms with E-state index in [1.165, 1.54) is 44.1 Å². The Morgan fingerprint density at radius 3 is 2.82 bits per heavy atom. The molecule has 1 nitrogen and oxygen atoms in total. The number of carbonyl (C=O) groups excluding carboxylic acids is 1. The lowest BCUT2D eigenvalue weighted by Crippen LogP contribution is -2.15. The third-order valence-electron chi connectivity index (χ3n) is 4.60. The van der Waals surface area contributed by atoms with Crippen LogP contribution in [0.1, 0.15) is 71.1 Å². The summed E-state index contributed by atoms with van der Waals surface area (Å²) in [6.45, 7) is 2.26. The van der Waals surface area contributed by atoms with E-state index in [0.29, 0.717) is 11.7 Å². The van der Waals surface area contributed by atoms with Crippen LogP contribution in [0.5, 0.6) is 0 Å². The van der Waals surface area contributed by atoms with Gasteiger partial charge in [0.1, 0.15) is 0 Å². The molecule has 1 fully saturated rings. The van der Waals surface area contributed by atoms with Gasteiger partial charge in [-0.15, -0.1) is 0 Å². The van der Waals surface area contributed by atoms with E-state index < -0.39 is 0 Å². The summed E-state index contributed by atoms with van der Waals surface area (Å²) >= 11 is 0. The Bertz CT molecular complexity index is 290. The summed E-state index contributed by atoms with van der Waals surface area (Å²) in [5.74, 6) is 1.69. The van der Waals surface area contributed by atoms with E-state index in [2.05, 4.69) is 13.0 Å². The van der Waals surface area contributed by atoms with Gasteiger partial charge in [0.15, 0.2) is 5.78 Å². The molecule has 2 rings (SSSR count). The van der Waals surface area contributed by atoms with Crippen molar-refractivity contribution < 1.29 is 4.79 Å². The largest absolute Gasteiger partial charge is 0.294 e. The maximum atomic E-state index is 12.5. The summed E-state index contributed by atoms with van der Waals surface area (Å²) in [4.78, 5) is 12.5. The van der Waals surface area contributed by atoms with Crippen molar-refractivity contribution in [1.29, 1.82) is 0 Å². The summed E-state index contributed by atoms with van der Waals surface area (Å²) in [6.07, 6.45) is 14.4. The molecule has 2 atom stereocenters. The molecule has 0 aromatic rings. The fourth-order valence-electron chi connectivity index (χ4n) is 3.36. The molecule has 96 valence electrons. The van der Waals surface area contributed by atoms with E-state index in [-0.39, 0.29) is 0 Å². The van der Waals surface area contributed by atoms with Gasteiger partial charge in [-0.25, -0.2) is 0 Å². The lowest BCUT2D eigenvalue weighted by molar-refractivity contribution is -0.119. The Hall–Kier alpha value is -0.590. The third-order valence-corrected chi connectivity index (χ3v) is 4.60. The Balaban J connectivity index is 1.94. The van der Waals surface area contributed by atoms with E-state index in [1.807, 2.05) is 0 Å². The van der Waals surface area contributed by atoms with Crippen LogP contribution in [0.4, 0.5) is 0 Å². The topological polar surface area (TPSA) is 17.1 Å². The first-order valence-electron chi connectivity index (χ1n) is 7.54. The number of carbonyl (C=O) groups is 1. The third kappa shape index (κ3) is 3.43. The average molecular weight is 234 g/mol. The van der Waals surface area contributed by atoms with Gasteiger partial charge in [0.2, 0.25) is 0 Å². The van der Waals surface area contributed by atoms with Gasteiger partial charge in [0, 0.05) is 5.92 Å². The molecule has 0 saturated heterocycles. The molecule has 0 amide bonds. The zero-order valence-corrected chi connectivity index (χ0v) is 11.2. The Morgan fingerprint density at radius 2 is 2.06 bits per heavy atom. The quantitative estimate of drug-likeness (QED) is 0.694. The molecule has 2 unspecified atom stereocenters. The highest BCUT2D eigenvalue weighted by Gasteiger charge is 2.30. The van der Waals surface area contributed by atoms with Crippen LogP contribution < -0.4 is 0 Å². The standard InChI is InChI=1S/C16H26O/c1-2-13-10-11-15(12-13)16(17)14-8-6-4-3-5-7-9-14/h8,13,15H,2-7,9-12H2,1H3. The number of Topliss-reactive ketones (excluding diaryl/α,β-unsaturated/α-hetero) is 1. The highest BCUT2D eigenvalue weighted by atomic mass is 16.1. The summed E-state index contributed by atoms with van der Waals surface area (Å²) in [5.41, 5.74) is 1.17. The van der Waals surface area contributed by atoms with Crippen molar-refractivity contribution in [1.82, 2.24) is 0 Å². The monoisotopic (exact) mass is 234 g/mol. The van der Waals surface area contributed by atoms with Crippen molar-refractivity contribution in [3.8, 4) is 0 Å². The van der Waals surface area contributed by atoms with Crippen molar-refractivity contribution in [2.24, 2.45) is 11.8 Å². The van der Waals surface area contributed by atoms with E-state index >= 15 is 0 Å². The van der Waals surface area contributed by atoms with Gasteiger partial charge in [0.25, 0.3) is 0 Å². The van der Waals surface area contributed by atoms with Gasteiger partial charge < -0.3 is 0 Å². The first-order chi connectivity index (χ1) is 8.31. The van der Waals surface area contributed by atoms with Crippen molar-refractivity contribution in [2.75, 3.05) is 0 Å². The molecule has 17 heavy (non-hydrogen) atoms. The molecule has 0 spiro atoms. The van der Waals surface area contributed by atoms with Crippen LogP contribution in [0.15, 0.2) is 11.6 Å². The molecule has 0 radical (unpaired) electrons. The SMILES string of the molecule is CCC1CCC(C(=O)C2=CCCCCCC2)C1. The minimum atomic E-state index is 0.366. The predicted octanol–water partition coefficient (Wildman–Crippen LogP) is 4.66. The summed E-state index contributed by atoms with van der Waals surface area (Å²) in [7, 11) is 0. The molecule has 0 aromatic heterocycles. The highest BCUT2D eigenvalue weighted by Crippen LogP contribution is 2.35. The normalized spacial score (nSPS) is 30.5. The molecule has 0 heterocycles. The molecule has 0 aliphatic heterocycles. The van der Waals surface area contributed by atoms with Crippen molar-refractivity contribution in [3.05, 3.63) is 11.6 Å². The zero-order chi connectivity index (χ0) is 12.1. The maximum absolute atomic E-state index is 12.5. The number of hydrogen-bond donors (Lipinski definition) is 0. The molecule has 0 bridgehead atoms. The van der Waals surface area contributed by atoms with Crippen LogP contribution >= 0.6 is 0 Å². The zero-order valence-electron chi connectivity index (χ0n) is 11.2. The lowest BCUT2D eigenvalue weighted by Gasteiger charge is -2.14. The van der Waals surface area contributed by atoms with Crippen LogP contribution in [0.25, 0.3) is 0 Å². The van der Waals surface area contributed by atoms with Crippen molar-refractivity contribution >= 4 is 5.78 Å². The number of rotatable bonds is 3. The Labute approximate surface area is 106 Å². The van der Waals surface area contributed by atoms with Gasteiger partial charge in [-0.1, -0.05) is 32.3 Å². The highest BCUT2D eigenvalue weighted by molar-refractivity contribution is 5.97. The second kappa shape index (κ2) is 6.37. The lowest BCUT2D eigenvalue weighted by atomic mass is 9.89. The van der Waals surface area contributed by atoms with Crippen LogP contribution in [0, 0.1) is 11.8 Å². The minimum absolute atomic E-state index is 0.366. The van der Waals surface area contributed by atoms with Gasteiger partial charge in [-0.2, -0.15) is 0 Å². The van der Waals surface area contributed by atoms with E-state index in [0.717, 1.165) is 31.6 Å². The Morgan fingerprint density at radius 1 is 1.24 bits per heavy atom. The summed E-state index contributed by atoms with van der Waals surface area (Å²) in [5, 5.41) is 0. The van der Waals surface area contributed by atoms with Gasteiger partial charge in [-0.05, 0) is 56.4 Å². The molecular formula is C16H26O.